The predicted molar refractivity (Wildman–Crippen MR) is 133 cm³/mol. The van der Waals surface area contributed by atoms with E-state index in [1.165, 1.54) is 21.3 Å². The number of anilines is 1. The van der Waals surface area contributed by atoms with Gasteiger partial charge in [-0.1, -0.05) is 32.5 Å². The van der Waals surface area contributed by atoms with Gasteiger partial charge in [-0.25, -0.2) is 14.6 Å². The van der Waals surface area contributed by atoms with E-state index in [1.807, 2.05) is 0 Å². The van der Waals surface area contributed by atoms with Crippen molar-refractivity contribution >= 4 is 34.5 Å². The number of carbonyl (C=O) groups excluding carboxylic acids is 1. The van der Waals surface area contributed by atoms with Crippen LogP contribution in [0.5, 0.6) is 17.2 Å². The van der Waals surface area contributed by atoms with Crippen LogP contribution in [0.3, 0.4) is 0 Å². The van der Waals surface area contributed by atoms with Crippen molar-refractivity contribution < 1.29 is 19.0 Å². The second-order valence-electron chi connectivity index (χ2n) is 7.84. The fourth-order valence-electron chi connectivity index (χ4n) is 3.32. The quantitative estimate of drug-likeness (QED) is 0.292. The average molecular weight is 489 g/mol. The molecule has 0 bridgehead atoms. The lowest BCUT2D eigenvalue weighted by Crippen LogP contribution is -2.27. The van der Waals surface area contributed by atoms with E-state index in [2.05, 4.69) is 46.5 Å². The highest BCUT2D eigenvalue weighted by Crippen LogP contribution is 2.38. The Balaban J connectivity index is 1.76. The topological polar surface area (TPSA) is 112 Å². The molecule has 11 heteroatoms. The van der Waals surface area contributed by atoms with E-state index in [-0.39, 0.29) is 5.91 Å². The first-order valence-electron chi connectivity index (χ1n) is 11.1. The van der Waals surface area contributed by atoms with E-state index in [4.69, 9.17) is 14.2 Å². The van der Waals surface area contributed by atoms with E-state index in [1.54, 1.807) is 34.8 Å². The van der Waals surface area contributed by atoms with Gasteiger partial charge in [-0.3, -0.25) is 4.79 Å². The van der Waals surface area contributed by atoms with Gasteiger partial charge in [0.15, 0.2) is 22.3 Å². The fraction of sp³-hybridized carbons (Fsp3) is 0.478. The molecule has 1 aromatic carbocycles. The van der Waals surface area contributed by atoms with Gasteiger partial charge in [-0.2, -0.15) is 5.10 Å². The van der Waals surface area contributed by atoms with Gasteiger partial charge in [0.2, 0.25) is 5.75 Å². The standard InChI is InChI=1S/C23H32N6O4S/c1-7-34-23-27-20(25-12-14(2)3)16-13-26-29(21(16)28-23)9-8-24-22(30)15-10-17(31-4)19(33-6)18(11-15)32-5/h10-11,13-14H,7-9,12H2,1-6H3,(H,24,30)(H,25,27,28). The van der Waals surface area contributed by atoms with Crippen LogP contribution in [-0.4, -0.2) is 65.8 Å². The Labute approximate surface area is 203 Å². The Hall–Kier alpha value is -3.21. The highest BCUT2D eigenvalue weighted by atomic mass is 32.2. The third-order valence-corrected chi connectivity index (χ3v) is 5.69. The van der Waals surface area contributed by atoms with Crippen LogP contribution in [0, 0.1) is 5.92 Å². The van der Waals surface area contributed by atoms with E-state index in [9.17, 15) is 4.79 Å². The number of carbonyl (C=O) groups is 1. The molecular formula is C23H32N6O4S. The second-order valence-corrected chi connectivity index (χ2v) is 9.07. The molecule has 2 heterocycles. The van der Waals surface area contributed by atoms with Crippen molar-refractivity contribution in [3.63, 3.8) is 0 Å². The third-order valence-electron chi connectivity index (χ3n) is 4.96. The number of fused-ring (bicyclic) bond motifs is 1. The highest BCUT2D eigenvalue weighted by Gasteiger charge is 2.17. The summed E-state index contributed by atoms with van der Waals surface area (Å²) in [6, 6.07) is 3.24. The molecule has 3 aromatic rings. The molecule has 34 heavy (non-hydrogen) atoms. The molecule has 0 radical (unpaired) electrons. The molecule has 0 unspecified atom stereocenters. The number of rotatable bonds is 12. The van der Waals surface area contributed by atoms with Crippen LogP contribution < -0.4 is 24.8 Å². The van der Waals surface area contributed by atoms with Crippen LogP contribution in [0.4, 0.5) is 5.82 Å². The summed E-state index contributed by atoms with van der Waals surface area (Å²) >= 11 is 1.58. The van der Waals surface area contributed by atoms with Crippen molar-refractivity contribution in [2.45, 2.75) is 32.5 Å². The molecular weight excluding hydrogens is 456 g/mol. The third kappa shape index (κ3) is 5.82. The van der Waals surface area contributed by atoms with Gasteiger partial charge in [0.1, 0.15) is 5.82 Å². The van der Waals surface area contributed by atoms with Crippen molar-refractivity contribution in [3.05, 3.63) is 23.9 Å². The van der Waals surface area contributed by atoms with Gasteiger partial charge in [-0.05, 0) is 23.8 Å². The number of nitrogens with zero attached hydrogens (tertiary/aromatic N) is 4. The molecule has 0 atom stereocenters. The van der Waals surface area contributed by atoms with Gasteiger partial charge in [0, 0.05) is 18.7 Å². The van der Waals surface area contributed by atoms with Crippen LogP contribution in [0.25, 0.3) is 11.0 Å². The summed E-state index contributed by atoms with van der Waals surface area (Å²) in [5.74, 6) is 3.15. The van der Waals surface area contributed by atoms with Gasteiger partial charge in [0.25, 0.3) is 5.91 Å². The molecule has 0 saturated heterocycles. The van der Waals surface area contributed by atoms with Gasteiger partial charge >= 0.3 is 0 Å². The van der Waals surface area contributed by atoms with E-state index >= 15 is 0 Å². The molecule has 3 rings (SSSR count). The molecule has 0 fully saturated rings. The van der Waals surface area contributed by atoms with Gasteiger partial charge < -0.3 is 24.8 Å². The average Bonchev–Trinajstić information content (AvgIpc) is 3.24. The number of hydrogen-bond donors (Lipinski definition) is 2. The van der Waals surface area contributed by atoms with Crippen LogP contribution in [0.1, 0.15) is 31.1 Å². The zero-order valence-electron chi connectivity index (χ0n) is 20.5. The minimum absolute atomic E-state index is 0.258. The van der Waals surface area contributed by atoms with Crippen molar-refractivity contribution in [1.82, 2.24) is 25.1 Å². The summed E-state index contributed by atoms with van der Waals surface area (Å²) in [5, 5.41) is 12.4. The normalized spacial score (nSPS) is 11.0. The maximum atomic E-state index is 12.8. The molecule has 10 nitrogen and oxygen atoms in total. The number of hydrogen-bond acceptors (Lipinski definition) is 9. The molecule has 0 aliphatic heterocycles. The summed E-state index contributed by atoms with van der Waals surface area (Å²) in [6.07, 6.45) is 1.76. The minimum Gasteiger partial charge on any atom is -0.493 e. The SMILES string of the molecule is CCSc1nc(NCC(C)C)c2cnn(CCNC(=O)c3cc(OC)c(OC)c(OC)c3)c2n1. The lowest BCUT2D eigenvalue weighted by Gasteiger charge is -2.14. The fourth-order valence-corrected chi connectivity index (χ4v) is 3.88. The number of amides is 1. The number of methoxy groups -OCH3 is 3. The number of aromatic nitrogens is 4. The monoisotopic (exact) mass is 488 g/mol. The van der Waals surface area contributed by atoms with E-state index in [0.717, 1.165) is 29.1 Å². The Morgan fingerprint density at radius 1 is 1.12 bits per heavy atom. The molecule has 184 valence electrons. The molecule has 0 aliphatic carbocycles. The van der Waals surface area contributed by atoms with Crippen molar-refractivity contribution in [3.8, 4) is 17.2 Å². The van der Waals surface area contributed by atoms with Crippen molar-refractivity contribution in [2.24, 2.45) is 5.92 Å². The van der Waals surface area contributed by atoms with Crippen molar-refractivity contribution in [1.29, 1.82) is 0 Å². The number of benzene rings is 1. The van der Waals surface area contributed by atoms with Crippen LogP contribution in [-0.2, 0) is 6.54 Å². The first kappa shape index (κ1) is 25.4. The Morgan fingerprint density at radius 2 is 1.82 bits per heavy atom. The number of thioether (sulfide) groups is 1. The van der Waals surface area contributed by atoms with Crippen LogP contribution in [0.2, 0.25) is 0 Å². The zero-order valence-corrected chi connectivity index (χ0v) is 21.3. The number of nitrogens with one attached hydrogen (secondary N) is 2. The maximum Gasteiger partial charge on any atom is 0.251 e. The molecule has 0 spiro atoms. The molecule has 0 aliphatic rings. The lowest BCUT2D eigenvalue weighted by atomic mass is 10.1. The van der Waals surface area contributed by atoms with Gasteiger partial charge in [-0.15, -0.1) is 0 Å². The van der Waals surface area contributed by atoms with Crippen molar-refractivity contribution in [2.75, 3.05) is 45.5 Å². The van der Waals surface area contributed by atoms with E-state index in [0.29, 0.717) is 47.0 Å². The Bertz CT molecular complexity index is 1110. The summed E-state index contributed by atoms with van der Waals surface area (Å²) in [6.45, 7) is 7.98. The smallest absolute Gasteiger partial charge is 0.251 e. The Kier molecular flexibility index (Phi) is 8.80. The highest BCUT2D eigenvalue weighted by molar-refractivity contribution is 7.99. The first-order chi connectivity index (χ1) is 16.4. The number of ether oxygens (including phenoxy) is 3. The minimum atomic E-state index is -0.258. The molecule has 1 amide bonds. The summed E-state index contributed by atoms with van der Waals surface area (Å²) < 4.78 is 17.8. The Morgan fingerprint density at radius 3 is 2.41 bits per heavy atom. The first-order valence-corrected chi connectivity index (χ1v) is 12.1. The predicted octanol–water partition coefficient (Wildman–Crippen LogP) is 3.46. The molecule has 2 N–H and O–H groups in total. The summed E-state index contributed by atoms with van der Waals surface area (Å²) in [4.78, 5) is 22.1. The summed E-state index contributed by atoms with van der Waals surface area (Å²) in [7, 11) is 4.55. The lowest BCUT2D eigenvalue weighted by molar-refractivity contribution is 0.0951. The molecule has 2 aromatic heterocycles. The zero-order chi connectivity index (χ0) is 24.7. The van der Waals surface area contributed by atoms with Crippen LogP contribution in [0.15, 0.2) is 23.5 Å². The van der Waals surface area contributed by atoms with E-state index < -0.39 is 0 Å². The molecule has 0 saturated carbocycles. The summed E-state index contributed by atoms with van der Waals surface area (Å²) in [5.41, 5.74) is 1.14. The van der Waals surface area contributed by atoms with Gasteiger partial charge in [0.05, 0.1) is 39.5 Å². The second kappa shape index (κ2) is 11.8. The maximum absolute atomic E-state index is 12.8. The van der Waals surface area contributed by atoms with Crippen LogP contribution >= 0.6 is 11.8 Å². The largest absolute Gasteiger partial charge is 0.493 e.